The second-order valence-corrected chi connectivity index (χ2v) is 24.0. The number of nitrogens with zero attached hydrogens (tertiary/aromatic N) is 1. The summed E-state index contributed by atoms with van der Waals surface area (Å²) in [6.45, 7) is 23.3. The zero-order chi connectivity index (χ0) is 41.4. The Bertz CT molecular complexity index is 1910. The van der Waals surface area contributed by atoms with Gasteiger partial charge in [0.25, 0.3) is 0 Å². The second kappa shape index (κ2) is 15.3. The molecule has 2 unspecified atom stereocenters. The zero-order valence-corrected chi connectivity index (χ0v) is 37.5. The Balaban J connectivity index is 0.996. The van der Waals surface area contributed by atoms with E-state index in [1.807, 2.05) is 30.3 Å². The second-order valence-electron chi connectivity index (χ2n) is 21.7. The first-order valence-electron chi connectivity index (χ1n) is 23.0. The fraction of sp³-hybridized carbons (Fsp3) is 0.740. The van der Waals surface area contributed by atoms with Crippen molar-refractivity contribution in [3.05, 3.63) is 71.3 Å². The average molecular weight is 815 g/mol. The van der Waals surface area contributed by atoms with E-state index in [4.69, 9.17) is 4.74 Å². The number of benzene rings is 1. The minimum absolute atomic E-state index is 0.0195. The summed E-state index contributed by atoms with van der Waals surface area (Å²) in [5.41, 5.74) is 5.23. The number of ether oxygens (including phenoxy) is 1. The summed E-state index contributed by atoms with van der Waals surface area (Å²) >= 11 is 0. The molecule has 7 aliphatic rings. The molecular weight excluding hydrogens is 741 g/mol. The number of carbonyl (C=O) groups is 1. The molecule has 1 aromatic carbocycles. The van der Waals surface area contributed by atoms with E-state index in [-0.39, 0.29) is 46.4 Å². The van der Waals surface area contributed by atoms with E-state index in [0.29, 0.717) is 67.0 Å². The highest BCUT2D eigenvalue weighted by atomic mass is 32.2. The number of sulfone groups is 1. The Kier molecular flexibility index (Phi) is 11.2. The van der Waals surface area contributed by atoms with Gasteiger partial charge in [0.15, 0.2) is 9.84 Å². The van der Waals surface area contributed by atoms with Crippen molar-refractivity contribution in [1.29, 1.82) is 0 Å². The van der Waals surface area contributed by atoms with Crippen molar-refractivity contribution in [2.24, 2.45) is 56.7 Å². The van der Waals surface area contributed by atoms with Crippen molar-refractivity contribution < 1.29 is 23.1 Å². The van der Waals surface area contributed by atoms with Crippen molar-refractivity contribution >= 4 is 15.8 Å². The van der Waals surface area contributed by atoms with Gasteiger partial charge in [0.2, 0.25) is 0 Å². The predicted molar refractivity (Wildman–Crippen MR) is 234 cm³/mol. The molecule has 1 heterocycles. The van der Waals surface area contributed by atoms with Gasteiger partial charge < -0.3 is 20.1 Å². The van der Waals surface area contributed by atoms with Crippen LogP contribution < -0.4 is 5.32 Å². The Morgan fingerprint density at radius 3 is 2.31 bits per heavy atom. The minimum atomic E-state index is -2.87. The van der Waals surface area contributed by atoms with Crippen LogP contribution in [0.3, 0.4) is 0 Å². The molecule has 0 aromatic heterocycles. The lowest BCUT2D eigenvalue weighted by Gasteiger charge is -2.72. The van der Waals surface area contributed by atoms with Crippen LogP contribution in [-0.2, 0) is 26.0 Å². The van der Waals surface area contributed by atoms with Crippen molar-refractivity contribution in [1.82, 2.24) is 10.2 Å². The summed E-state index contributed by atoms with van der Waals surface area (Å²) in [5.74, 6) is 3.39. The van der Waals surface area contributed by atoms with Gasteiger partial charge in [-0.2, -0.15) is 0 Å². The number of hydrogen-bond donors (Lipinski definition) is 2. The normalized spacial score (nSPS) is 41.8. The number of fused-ring (bicyclic) bond motifs is 7. The molecule has 10 atom stereocenters. The molecule has 1 saturated heterocycles. The van der Waals surface area contributed by atoms with Crippen LogP contribution in [-0.4, -0.2) is 74.2 Å². The maximum absolute atomic E-state index is 13.5. The van der Waals surface area contributed by atoms with Crippen molar-refractivity contribution in [2.75, 3.05) is 44.3 Å². The van der Waals surface area contributed by atoms with Crippen LogP contribution in [0.5, 0.6) is 0 Å². The third kappa shape index (κ3) is 6.85. The molecule has 7 nitrogen and oxygen atoms in total. The molecule has 0 amide bonds. The van der Waals surface area contributed by atoms with Gasteiger partial charge in [-0.15, -0.1) is 0 Å². The molecule has 0 radical (unpaired) electrons. The summed E-state index contributed by atoms with van der Waals surface area (Å²) in [6, 6.07) is 9.80. The molecule has 320 valence electrons. The van der Waals surface area contributed by atoms with E-state index in [0.717, 1.165) is 31.5 Å². The van der Waals surface area contributed by atoms with E-state index in [2.05, 4.69) is 70.5 Å². The van der Waals surface area contributed by atoms with Gasteiger partial charge >= 0.3 is 5.97 Å². The third-order valence-electron chi connectivity index (χ3n) is 18.9. The summed E-state index contributed by atoms with van der Waals surface area (Å²) in [7, 11) is -2.87. The fourth-order valence-corrected chi connectivity index (χ4v) is 16.7. The molecule has 58 heavy (non-hydrogen) atoms. The van der Waals surface area contributed by atoms with Crippen LogP contribution in [0.4, 0.5) is 0 Å². The van der Waals surface area contributed by atoms with Gasteiger partial charge in [0, 0.05) is 31.7 Å². The highest BCUT2D eigenvalue weighted by molar-refractivity contribution is 7.91. The number of carbonyl (C=O) groups excluding carboxylic acids is 1. The highest BCUT2D eigenvalue weighted by Gasteiger charge is 2.70. The van der Waals surface area contributed by atoms with Crippen LogP contribution in [0.2, 0.25) is 0 Å². The van der Waals surface area contributed by atoms with E-state index >= 15 is 0 Å². The lowest BCUT2D eigenvalue weighted by Crippen LogP contribution is -2.68. The Morgan fingerprint density at radius 1 is 0.897 bits per heavy atom. The van der Waals surface area contributed by atoms with Crippen LogP contribution in [0, 0.1) is 56.7 Å². The fourth-order valence-electron chi connectivity index (χ4n) is 15.5. The number of esters is 1. The van der Waals surface area contributed by atoms with Gasteiger partial charge in [-0.3, -0.25) is 4.79 Å². The molecule has 8 heteroatoms. The third-order valence-corrected chi connectivity index (χ3v) is 20.5. The molecule has 0 bridgehead atoms. The van der Waals surface area contributed by atoms with Gasteiger partial charge in [-0.1, -0.05) is 89.3 Å². The van der Waals surface area contributed by atoms with Gasteiger partial charge in [-0.05, 0) is 152 Å². The molecule has 8 rings (SSSR count). The summed E-state index contributed by atoms with van der Waals surface area (Å²) < 4.78 is 30.0. The lowest BCUT2D eigenvalue weighted by atomic mass is 9.33. The first-order valence-corrected chi connectivity index (χ1v) is 24.8. The predicted octanol–water partition coefficient (Wildman–Crippen LogP) is 9.09. The molecule has 5 fully saturated rings. The van der Waals surface area contributed by atoms with Crippen molar-refractivity contribution in [3.8, 4) is 0 Å². The van der Waals surface area contributed by atoms with Crippen LogP contribution in [0.15, 0.2) is 65.8 Å². The molecule has 6 aliphatic carbocycles. The number of rotatable bonds is 10. The number of allylic oxidation sites excluding steroid dienone is 5. The summed E-state index contributed by atoms with van der Waals surface area (Å²) in [4.78, 5) is 15.8. The number of aliphatic hydroxyl groups excluding tert-OH is 1. The molecule has 2 N–H and O–H groups in total. The summed E-state index contributed by atoms with van der Waals surface area (Å²) in [5, 5.41) is 14.8. The van der Waals surface area contributed by atoms with Crippen LogP contribution >= 0.6 is 0 Å². The maximum Gasteiger partial charge on any atom is 0.315 e. The largest absolute Gasteiger partial charge is 0.460 e. The Morgan fingerprint density at radius 2 is 1.64 bits per heavy atom. The first-order chi connectivity index (χ1) is 27.4. The van der Waals surface area contributed by atoms with Gasteiger partial charge in [-0.25, -0.2) is 8.42 Å². The van der Waals surface area contributed by atoms with E-state index in [9.17, 15) is 18.3 Å². The van der Waals surface area contributed by atoms with Crippen LogP contribution in [0.1, 0.15) is 124 Å². The number of nitrogens with one attached hydrogen (secondary N) is 1. The highest BCUT2D eigenvalue weighted by Crippen LogP contribution is 2.76. The molecular formula is C50H74N2O5S. The molecule has 4 saturated carbocycles. The average Bonchev–Trinajstić information content (AvgIpc) is 3.58. The Hall–Kier alpha value is -2.26. The molecule has 1 aliphatic heterocycles. The van der Waals surface area contributed by atoms with Crippen molar-refractivity contribution in [3.63, 3.8) is 0 Å². The van der Waals surface area contributed by atoms with Gasteiger partial charge in [0.1, 0.15) is 6.61 Å². The number of aliphatic hydroxyl groups is 1. The van der Waals surface area contributed by atoms with Crippen molar-refractivity contribution in [2.45, 2.75) is 131 Å². The smallest absolute Gasteiger partial charge is 0.315 e. The lowest BCUT2D eigenvalue weighted by molar-refractivity contribution is -0.221. The SMILES string of the molecule is C=C(C)[C@@H]1CC[C@]2(NCCN3CCS(=O)(=O)CC3)CC[C@]3(C)[C@H](CC[C@@H]4[C@@]5(C)CC=C(C6=CCC(CO)(C(=O)OCc7ccccc7)CC6)C(C)(C)C5CC[C@]43C)[C@@H]12. The van der Waals surface area contributed by atoms with E-state index in [1.54, 1.807) is 0 Å². The number of hydrogen-bond acceptors (Lipinski definition) is 7. The van der Waals surface area contributed by atoms with Gasteiger partial charge in [0.05, 0.1) is 23.5 Å². The monoisotopic (exact) mass is 815 g/mol. The van der Waals surface area contributed by atoms with E-state index < -0.39 is 15.3 Å². The topological polar surface area (TPSA) is 95.9 Å². The van der Waals surface area contributed by atoms with E-state index in [1.165, 1.54) is 68.1 Å². The molecule has 0 spiro atoms. The first kappa shape index (κ1) is 42.4. The maximum atomic E-state index is 13.5. The standard InChI is InChI=1S/C50H74N2O5S/c1-35(2)38-17-24-50(51-27-28-52-29-31-58(55,56)32-30-52)26-25-47(6)40(43(38)50)13-14-42-46(5)20-18-39(45(3,4)41(46)19-21-48(42,47)7)37-15-22-49(34-53,23-16-37)44(54)57-33-36-11-9-8-10-12-36/h8-12,15,18,38,40-43,51,53H,1,13-14,16-17,19-34H2,2-7H3/t38-,40+,41?,42+,43+,46-,47+,48+,49?,50-/m0/s1. The quantitative estimate of drug-likeness (QED) is 0.180. The zero-order valence-electron chi connectivity index (χ0n) is 36.7. The van der Waals surface area contributed by atoms with Crippen LogP contribution in [0.25, 0.3) is 0 Å². The molecule has 1 aromatic rings. The summed E-state index contributed by atoms with van der Waals surface area (Å²) in [6.07, 6.45) is 18.0. The Labute approximate surface area is 350 Å². The minimum Gasteiger partial charge on any atom is -0.460 e.